The van der Waals surface area contributed by atoms with Crippen LogP contribution in [0.5, 0.6) is 0 Å². The van der Waals surface area contributed by atoms with E-state index in [4.69, 9.17) is 11.6 Å². The Labute approximate surface area is 173 Å². The molecule has 0 radical (unpaired) electrons. The summed E-state index contributed by atoms with van der Waals surface area (Å²) in [4.78, 5) is 25.2. The second-order valence-electron chi connectivity index (χ2n) is 7.01. The molecule has 29 heavy (non-hydrogen) atoms. The van der Waals surface area contributed by atoms with Crippen molar-refractivity contribution in [1.82, 2.24) is 14.9 Å². The van der Waals surface area contributed by atoms with Crippen LogP contribution in [0.2, 0.25) is 5.02 Å². The number of anilines is 1. The topological polar surface area (TPSA) is 49.3 Å². The fourth-order valence-corrected chi connectivity index (χ4v) is 3.72. The number of hydrogen-bond donors (Lipinski definition) is 0. The van der Waals surface area contributed by atoms with Gasteiger partial charge in [0.05, 0.1) is 16.3 Å². The highest BCUT2D eigenvalue weighted by Crippen LogP contribution is 2.24. The summed E-state index contributed by atoms with van der Waals surface area (Å²) in [6.07, 6.45) is 1.56. The molecule has 4 rings (SSSR count). The molecular weight excluding hydrogens is 391 g/mol. The van der Waals surface area contributed by atoms with E-state index in [1.54, 1.807) is 11.2 Å². The van der Waals surface area contributed by atoms with Crippen LogP contribution >= 0.6 is 11.6 Å². The van der Waals surface area contributed by atoms with Gasteiger partial charge in [0.15, 0.2) is 0 Å². The lowest BCUT2D eigenvalue weighted by molar-refractivity contribution is 0.0742. The Morgan fingerprint density at radius 3 is 2.52 bits per heavy atom. The molecular formula is C22H20ClFN4O. The maximum Gasteiger partial charge on any atom is 0.258 e. The number of carbonyl (C=O) groups excluding carboxylic acids is 1. The zero-order chi connectivity index (χ0) is 20.4. The van der Waals surface area contributed by atoms with Crippen molar-refractivity contribution in [3.8, 4) is 11.3 Å². The van der Waals surface area contributed by atoms with Gasteiger partial charge in [-0.05, 0) is 25.1 Å². The van der Waals surface area contributed by atoms with Crippen molar-refractivity contribution in [2.24, 2.45) is 0 Å². The molecule has 7 heteroatoms. The largest absolute Gasteiger partial charge is 0.353 e. The van der Waals surface area contributed by atoms with E-state index in [0.29, 0.717) is 26.2 Å². The van der Waals surface area contributed by atoms with Gasteiger partial charge in [-0.15, -0.1) is 0 Å². The first-order valence-corrected chi connectivity index (χ1v) is 9.78. The molecule has 2 aromatic carbocycles. The maximum absolute atomic E-state index is 14.1. The van der Waals surface area contributed by atoms with Crippen LogP contribution in [-0.2, 0) is 0 Å². The van der Waals surface area contributed by atoms with E-state index in [1.807, 2.05) is 31.2 Å². The molecule has 1 amide bonds. The van der Waals surface area contributed by atoms with Crippen molar-refractivity contribution in [1.29, 1.82) is 0 Å². The first-order valence-electron chi connectivity index (χ1n) is 9.40. The van der Waals surface area contributed by atoms with Crippen LogP contribution in [0, 0.1) is 12.7 Å². The minimum Gasteiger partial charge on any atom is -0.353 e. The number of aromatic nitrogens is 2. The molecule has 1 saturated heterocycles. The van der Waals surface area contributed by atoms with E-state index in [0.717, 1.165) is 17.1 Å². The van der Waals surface area contributed by atoms with Crippen LogP contribution in [0.3, 0.4) is 0 Å². The normalized spacial score (nSPS) is 14.2. The zero-order valence-corrected chi connectivity index (χ0v) is 16.7. The summed E-state index contributed by atoms with van der Waals surface area (Å²) in [5, 5.41) is 0.135. The van der Waals surface area contributed by atoms with Crippen LogP contribution in [0.25, 0.3) is 11.3 Å². The molecule has 0 unspecified atom stereocenters. The molecule has 1 aliphatic heterocycles. The molecule has 0 N–H and O–H groups in total. The summed E-state index contributed by atoms with van der Waals surface area (Å²) in [5.41, 5.74) is 3.00. The molecule has 0 spiro atoms. The van der Waals surface area contributed by atoms with Gasteiger partial charge in [0.1, 0.15) is 18.0 Å². The van der Waals surface area contributed by atoms with E-state index in [2.05, 4.69) is 20.9 Å². The van der Waals surface area contributed by atoms with Crippen molar-refractivity contribution in [2.75, 3.05) is 31.1 Å². The molecule has 2 heterocycles. The number of aryl methyl sites for hydroxylation is 1. The minimum absolute atomic E-state index is 0.0635. The molecule has 0 atom stereocenters. The molecule has 3 aromatic rings. The number of amides is 1. The molecule has 1 aromatic heterocycles. The second-order valence-corrected chi connectivity index (χ2v) is 7.41. The average molecular weight is 411 g/mol. The highest BCUT2D eigenvalue weighted by molar-refractivity contribution is 6.33. The summed E-state index contributed by atoms with van der Waals surface area (Å²) < 4.78 is 14.1. The Hall–Kier alpha value is -2.99. The summed E-state index contributed by atoms with van der Waals surface area (Å²) in [5.74, 6) is -0.160. The van der Waals surface area contributed by atoms with Gasteiger partial charge in [-0.1, -0.05) is 41.4 Å². The lowest BCUT2D eigenvalue weighted by atomic mass is 10.1. The first-order chi connectivity index (χ1) is 14.0. The van der Waals surface area contributed by atoms with Crippen LogP contribution in [0.4, 0.5) is 10.2 Å². The molecule has 5 nitrogen and oxygen atoms in total. The summed E-state index contributed by atoms with van der Waals surface area (Å²) in [7, 11) is 0. The molecule has 0 bridgehead atoms. The monoisotopic (exact) mass is 410 g/mol. The van der Waals surface area contributed by atoms with Gasteiger partial charge in [0, 0.05) is 37.8 Å². The number of benzene rings is 2. The Morgan fingerprint density at radius 1 is 1.03 bits per heavy atom. The molecule has 1 aliphatic rings. The highest BCUT2D eigenvalue weighted by Gasteiger charge is 2.26. The van der Waals surface area contributed by atoms with Crippen molar-refractivity contribution in [3.05, 3.63) is 76.8 Å². The Morgan fingerprint density at radius 2 is 1.79 bits per heavy atom. The summed E-state index contributed by atoms with van der Waals surface area (Å²) in [6, 6.07) is 14.4. The first kappa shape index (κ1) is 19.3. The average Bonchev–Trinajstić information content (AvgIpc) is 2.74. The van der Waals surface area contributed by atoms with Gasteiger partial charge in [0.25, 0.3) is 5.91 Å². The Kier molecular flexibility index (Phi) is 5.45. The van der Waals surface area contributed by atoms with Gasteiger partial charge in [-0.2, -0.15) is 0 Å². The van der Waals surface area contributed by atoms with Crippen molar-refractivity contribution in [3.63, 3.8) is 0 Å². The quantitative estimate of drug-likeness (QED) is 0.649. The van der Waals surface area contributed by atoms with Gasteiger partial charge < -0.3 is 9.80 Å². The lowest BCUT2D eigenvalue weighted by Gasteiger charge is -2.35. The van der Waals surface area contributed by atoms with Gasteiger partial charge in [-0.3, -0.25) is 4.79 Å². The number of rotatable bonds is 3. The van der Waals surface area contributed by atoms with Gasteiger partial charge in [-0.25, -0.2) is 14.4 Å². The second kappa shape index (κ2) is 8.17. The van der Waals surface area contributed by atoms with E-state index >= 15 is 0 Å². The number of carbonyl (C=O) groups is 1. The third-order valence-electron chi connectivity index (χ3n) is 5.03. The van der Waals surface area contributed by atoms with Crippen LogP contribution in [0.15, 0.2) is 54.9 Å². The summed E-state index contributed by atoms with van der Waals surface area (Å²) in [6.45, 7) is 4.17. The van der Waals surface area contributed by atoms with Crippen molar-refractivity contribution in [2.45, 2.75) is 6.92 Å². The third-order valence-corrected chi connectivity index (χ3v) is 5.35. The standard InChI is InChI=1S/C22H20ClFN4O/c1-15-4-2-5-16(12-15)19-13-20(26-14-25-19)27-8-10-28(11-9-27)22(29)21-17(23)6-3-7-18(21)24/h2-7,12-14H,8-11H2,1H3. The van der Waals surface area contributed by atoms with Crippen LogP contribution in [0.1, 0.15) is 15.9 Å². The third kappa shape index (κ3) is 4.07. The van der Waals surface area contributed by atoms with Crippen molar-refractivity contribution < 1.29 is 9.18 Å². The summed E-state index contributed by atoms with van der Waals surface area (Å²) >= 11 is 6.04. The number of hydrogen-bond acceptors (Lipinski definition) is 4. The SMILES string of the molecule is Cc1cccc(-c2cc(N3CCN(C(=O)c4c(F)cccc4Cl)CC3)ncn2)c1. The minimum atomic E-state index is -0.594. The number of halogens is 2. The predicted molar refractivity (Wildman–Crippen MR) is 112 cm³/mol. The fraction of sp³-hybridized carbons (Fsp3) is 0.227. The smallest absolute Gasteiger partial charge is 0.258 e. The van der Waals surface area contributed by atoms with Crippen LogP contribution in [-0.4, -0.2) is 47.0 Å². The fourth-order valence-electron chi connectivity index (χ4n) is 3.48. The highest BCUT2D eigenvalue weighted by atomic mass is 35.5. The maximum atomic E-state index is 14.1. The Balaban J connectivity index is 1.48. The van der Waals surface area contributed by atoms with E-state index in [9.17, 15) is 9.18 Å². The van der Waals surface area contributed by atoms with Gasteiger partial charge in [0.2, 0.25) is 0 Å². The van der Waals surface area contributed by atoms with E-state index in [-0.39, 0.29) is 16.5 Å². The molecule has 0 aliphatic carbocycles. The lowest BCUT2D eigenvalue weighted by Crippen LogP contribution is -2.49. The molecule has 148 valence electrons. The molecule has 1 fully saturated rings. The Bertz CT molecular complexity index is 1030. The molecule has 0 saturated carbocycles. The van der Waals surface area contributed by atoms with Gasteiger partial charge >= 0.3 is 0 Å². The number of nitrogens with zero attached hydrogens (tertiary/aromatic N) is 4. The van der Waals surface area contributed by atoms with Crippen LogP contribution < -0.4 is 4.90 Å². The van der Waals surface area contributed by atoms with E-state index < -0.39 is 5.82 Å². The zero-order valence-electron chi connectivity index (χ0n) is 16.0. The van der Waals surface area contributed by atoms with Crippen molar-refractivity contribution >= 4 is 23.3 Å². The number of piperazine rings is 1. The predicted octanol–water partition coefficient (Wildman–Crippen LogP) is 4.21. The van der Waals surface area contributed by atoms with E-state index in [1.165, 1.54) is 23.8 Å².